The molecular formula is C17H30OSi. The van der Waals surface area contributed by atoms with Crippen molar-refractivity contribution in [3.05, 3.63) is 24.8 Å². The van der Waals surface area contributed by atoms with Crippen molar-refractivity contribution in [2.75, 3.05) is 0 Å². The SMILES string of the molecule is C#CCCC(=C)CC(CC=C)O[Si](C)(C)C(C)(C)C. The second kappa shape index (κ2) is 7.72. The summed E-state index contributed by atoms with van der Waals surface area (Å²) in [7, 11) is -1.73. The average Bonchev–Trinajstić information content (AvgIpc) is 2.24. The van der Waals surface area contributed by atoms with Crippen LogP contribution >= 0.6 is 0 Å². The van der Waals surface area contributed by atoms with Crippen LogP contribution in [0.2, 0.25) is 18.1 Å². The first-order valence-electron chi connectivity index (χ1n) is 7.03. The quantitative estimate of drug-likeness (QED) is 0.332. The number of hydrogen-bond donors (Lipinski definition) is 0. The zero-order valence-corrected chi connectivity index (χ0v) is 14.4. The van der Waals surface area contributed by atoms with E-state index < -0.39 is 8.32 Å². The van der Waals surface area contributed by atoms with E-state index in [9.17, 15) is 0 Å². The Morgan fingerprint density at radius 2 is 2.00 bits per heavy atom. The highest BCUT2D eigenvalue weighted by atomic mass is 28.4. The lowest BCUT2D eigenvalue weighted by atomic mass is 10.0. The monoisotopic (exact) mass is 278 g/mol. The van der Waals surface area contributed by atoms with Gasteiger partial charge < -0.3 is 4.43 Å². The number of hydrogen-bond acceptors (Lipinski definition) is 1. The Morgan fingerprint density at radius 1 is 1.42 bits per heavy atom. The van der Waals surface area contributed by atoms with E-state index in [1.165, 1.54) is 5.57 Å². The van der Waals surface area contributed by atoms with E-state index in [0.717, 1.165) is 25.7 Å². The summed E-state index contributed by atoms with van der Waals surface area (Å²) in [6, 6.07) is 0. The van der Waals surface area contributed by atoms with Crippen molar-refractivity contribution in [1.29, 1.82) is 0 Å². The second-order valence-corrected chi connectivity index (χ2v) is 11.4. The van der Waals surface area contributed by atoms with E-state index in [-0.39, 0.29) is 11.1 Å². The molecule has 0 heterocycles. The third-order valence-electron chi connectivity index (χ3n) is 3.84. The predicted molar refractivity (Wildman–Crippen MR) is 88.7 cm³/mol. The summed E-state index contributed by atoms with van der Waals surface area (Å²) < 4.78 is 6.45. The molecule has 1 unspecified atom stereocenters. The maximum atomic E-state index is 6.45. The third-order valence-corrected chi connectivity index (χ3v) is 8.37. The molecular weight excluding hydrogens is 248 g/mol. The highest BCUT2D eigenvalue weighted by molar-refractivity contribution is 6.74. The molecule has 0 aromatic carbocycles. The van der Waals surface area contributed by atoms with Crippen molar-refractivity contribution >= 4 is 8.32 Å². The van der Waals surface area contributed by atoms with Gasteiger partial charge in [-0.2, -0.15) is 0 Å². The molecule has 2 heteroatoms. The van der Waals surface area contributed by atoms with E-state index in [1.54, 1.807) is 0 Å². The molecule has 0 N–H and O–H groups in total. The molecule has 0 aromatic heterocycles. The van der Waals surface area contributed by atoms with Gasteiger partial charge in [-0.25, -0.2) is 0 Å². The zero-order valence-electron chi connectivity index (χ0n) is 13.4. The van der Waals surface area contributed by atoms with Crippen molar-refractivity contribution in [1.82, 2.24) is 0 Å². The van der Waals surface area contributed by atoms with Gasteiger partial charge in [0, 0.05) is 6.42 Å². The first-order valence-corrected chi connectivity index (χ1v) is 9.93. The van der Waals surface area contributed by atoms with Gasteiger partial charge in [0.05, 0.1) is 6.10 Å². The maximum absolute atomic E-state index is 6.45. The fraction of sp³-hybridized carbons (Fsp3) is 0.647. The molecule has 0 aliphatic carbocycles. The number of rotatable bonds is 8. The van der Waals surface area contributed by atoms with Gasteiger partial charge in [-0.05, 0) is 37.4 Å². The number of terminal acetylenes is 1. The summed E-state index contributed by atoms with van der Waals surface area (Å²) in [6.07, 6.45) is 10.9. The maximum Gasteiger partial charge on any atom is 0.192 e. The molecule has 108 valence electrons. The van der Waals surface area contributed by atoms with E-state index in [2.05, 4.69) is 52.9 Å². The molecule has 0 spiro atoms. The largest absolute Gasteiger partial charge is 0.413 e. The van der Waals surface area contributed by atoms with Crippen LogP contribution in [0.1, 0.15) is 46.5 Å². The molecule has 1 atom stereocenters. The summed E-state index contributed by atoms with van der Waals surface area (Å²) in [5, 5.41) is 0.229. The van der Waals surface area contributed by atoms with Crippen LogP contribution in [0.15, 0.2) is 24.8 Å². The third kappa shape index (κ3) is 6.80. The van der Waals surface area contributed by atoms with E-state index in [1.807, 2.05) is 6.08 Å². The Morgan fingerprint density at radius 3 is 2.42 bits per heavy atom. The zero-order chi connectivity index (χ0) is 15.1. The standard InChI is InChI=1S/C17H30OSi/c1-9-11-13-15(3)14-16(12-10-2)18-19(7,8)17(4,5)6/h1,10,16H,2-3,11-14H2,4-8H3. The van der Waals surface area contributed by atoms with Gasteiger partial charge in [-0.1, -0.05) is 39.0 Å². The van der Waals surface area contributed by atoms with Gasteiger partial charge in [-0.15, -0.1) is 18.9 Å². The lowest BCUT2D eigenvalue weighted by molar-refractivity contribution is 0.182. The molecule has 1 nitrogen and oxygen atoms in total. The van der Waals surface area contributed by atoms with Crippen molar-refractivity contribution in [2.45, 2.75) is 70.7 Å². The van der Waals surface area contributed by atoms with Crippen molar-refractivity contribution in [2.24, 2.45) is 0 Å². The minimum absolute atomic E-state index is 0.198. The predicted octanol–water partition coefficient (Wildman–Crippen LogP) is 5.31. The Labute approximate surface area is 121 Å². The molecule has 0 aromatic rings. The minimum atomic E-state index is -1.73. The Kier molecular flexibility index (Phi) is 7.40. The lowest BCUT2D eigenvalue weighted by Crippen LogP contribution is -2.43. The summed E-state index contributed by atoms with van der Waals surface area (Å²) in [6.45, 7) is 19.3. The van der Waals surface area contributed by atoms with Gasteiger partial charge in [-0.3, -0.25) is 0 Å². The average molecular weight is 279 g/mol. The highest BCUT2D eigenvalue weighted by Crippen LogP contribution is 2.38. The molecule has 0 bridgehead atoms. The van der Waals surface area contributed by atoms with Crippen LogP contribution in [0.3, 0.4) is 0 Å². The highest BCUT2D eigenvalue weighted by Gasteiger charge is 2.38. The summed E-state index contributed by atoms with van der Waals surface area (Å²) >= 11 is 0. The second-order valence-electron chi connectivity index (χ2n) is 6.68. The Balaban J connectivity index is 4.62. The molecule has 0 radical (unpaired) electrons. The van der Waals surface area contributed by atoms with Crippen LogP contribution in [0.25, 0.3) is 0 Å². The van der Waals surface area contributed by atoms with Gasteiger partial charge in [0.2, 0.25) is 0 Å². The molecule has 0 aliphatic rings. The molecule has 0 aliphatic heterocycles. The van der Waals surface area contributed by atoms with E-state index in [4.69, 9.17) is 10.8 Å². The summed E-state index contributed by atoms with van der Waals surface area (Å²) in [5.74, 6) is 2.66. The van der Waals surface area contributed by atoms with Crippen LogP contribution in [-0.2, 0) is 4.43 Å². The van der Waals surface area contributed by atoms with Crippen LogP contribution in [-0.4, -0.2) is 14.4 Å². The van der Waals surface area contributed by atoms with Crippen molar-refractivity contribution in [3.8, 4) is 12.3 Å². The van der Waals surface area contributed by atoms with Crippen molar-refractivity contribution < 1.29 is 4.43 Å². The summed E-state index contributed by atoms with van der Waals surface area (Å²) in [4.78, 5) is 0. The van der Waals surface area contributed by atoms with E-state index in [0.29, 0.717) is 0 Å². The first-order chi connectivity index (χ1) is 8.64. The fourth-order valence-corrected chi connectivity index (χ4v) is 2.99. The molecule has 0 rings (SSSR count). The molecule has 0 saturated carbocycles. The minimum Gasteiger partial charge on any atom is -0.413 e. The molecule has 0 fully saturated rings. The van der Waals surface area contributed by atoms with Crippen LogP contribution < -0.4 is 0 Å². The van der Waals surface area contributed by atoms with E-state index >= 15 is 0 Å². The van der Waals surface area contributed by atoms with Crippen LogP contribution in [0.5, 0.6) is 0 Å². The van der Waals surface area contributed by atoms with Crippen LogP contribution in [0, 0.1) is 12.3 Å². The van der Waals surface area contributed by atoms with Crippen molar-refractivity contribution in [3.63, 3.8) is 0 Å². The van der Waals surface area contributed by atoms with Gasteiger partial charge >= 0.3 is 0 Å². The molecule has 0 amide bonds. The Bertz CT molecular complexity index is 341. The normalized spacial score (nSPS) is 13.7. The smallest absolute Gasteiger partial charge is 0.192 e. The first kappa shape index (κ1) is 18.2. The lowest BCUT2D eigenvalue weighted by Gasteiger charge is -2.39. The van der Waals surface area contributed by atoms with Gasteiger partial charge in [0.15, 0.2) is 8.32 Å². The molecule has 19 heavy (non-hydrogen) atoms. The van der Waals surface area contributed by atoms with Gasteiger partial charge in [0.1, 0.15) is 0 Å². The Hall–Kier alpha value is -0.783. The van der Waals surface area contributed by atoms with Crippen LogP contribution in [0.4, 0.5) is 0 Å². The summed E-state index contributed by atoms with van der Waals surface area (Å²) in [5.41, 5.74) is 1.18. The fourth-order valence-electron chi connectivity index (χ4n) is 1.63. The topological polar surface area (TPSA) is 9.23 Å². The molecule has 0 saturated heterocycles. The van der Waals surface area contributed by atoms with Gasteiger partial charge in [0.25, 0.3) is 0 Å².